The molecule has 3 rings (SSSR count). The van der Waals surface area contributed by atoms with Crippen LogP contribution in [-0.2, 0) is 10.0 Å². The molecule has 0 spiro atoms. The van der Waals surface area contributed by atoms with Crippen molar-refractivity contribution in [1.29, 1.82) is 0 Å². The Labute approximate surface area is 171 Å². The predicted molar refractivity (Wildman–Crippen MR) is 106 cm³/mol. The number of aryl methyl sites for hydroxylation is 1. The van der Waals surface area contributed by atoms with E-state index in [2.05, 4.69) is 14.9 Å². The summed E-state index contributed by atoms with van der Waals surface area (Å²) in [7, 11) is -3.95. The molecule has 3 aromatic rings. The number of rotatable bonds is 8. The van der Waals surface area contributed by atoms with Crippen LogP contribution in [-0.4, -0.2) is 36.7 Å². The van der Waals surface area contributed by atoms with E-state index in [9.17, 15) is 22.9 Å². The second-order valence-electron chi connectivity index (χ2n) is 6.22. The van der Waals surface area contributed by atoms with Crippen molar-refractivity contribution in [3.05, 3.63) is 76.1 Å². The third-order valence-corrected chi connectivity index (χ3v) is 5.70. The van der Waals surface area contributed by atoms with Crippen molar-refractivity contribution >= 4 is 15.7 Å². The fourth-order valence-electron chi connectivity index (χ4n) is 2.57. The Kier molecular flexibility index (Phi) is 6.33. The van der Waals surface area contributed by atoms with Crippen molar-refractivity contribution < 1.29 is 22.5 Å². The lowest BCUT2D eigenvalue weighted by molar-refractivity contribution is -0.385. The van der Waals surface area contributed by atoms with Crippen LogP contribution < -0.4 is 9.46 Å². The zero-order valence-corrected chi connectivity index (χ0v) is 16.6. The van der Waals surface area contributed by atoms with Gasteiger partial charge in [-0.2, -0.15) is 0 Å². The highest BCUT2D eigenvalue weighted by Crippen LogP contribution is 2.21. The van der Waals surface area contributed by atoms with Crippen LogP contribution in [0.2, 0.25) is 0 Å². The molecular formula is C19H17FN4O5S. The molecule has 0 aliphatic heterocycles. The number of non-ortho nitro benzene ring substituents is 1. The van der Waals surface area contributed by atoms with E-state index >= 15 is 0 Å². The van der Waals surface area contributed by atoms with Crippen LogP contribution in [0.5, 0.6) is 5.88 Å². The average Bonchev–Trinajstić information content (AvgIpc) is 2.72. The minimum Gasteiger partial charge on any atom is -0.475 e. The van der Waals surface area contributed by atoms with Gasteiger partial charge in [-0.05, 0) is 42.8 Å². The molecule has 0 aliphatic rings. The number of aromatic nitrogens is 2. The highest BCUT2D eigenvalue weighted by Gasteiger charge is 2.20. The molecule has 0 fully saturated rings. The van der Waals surface area contributed by atoms with Gasteiger partial charge in [0, 0.05) is 30.3 Å². The largest absolute Gasteiger partial charge is 0.475 e. The summed E-state index contributed by atoms with van der Waals surface area (Å²) in [5, 5.41) is 18.8. The van der Waals surface area contributed by atoms with Crippen LogP contribution in [0.25, 0.3) is 11.3 Å². The number of benzene rings is 2. The van der Waals surface area contributed by atoms with Gasteiger partial charge >= 0.3 is 0 Å². The number of nitrogens with one attached hydrogen (secondary N) is 1. The lowest BCUT2D eigenvalue weighted by atomic mass is 10.1. The molecule has 9 nitrogen and oxygen atoms in total. The van der Waals surface area contributed by atoms with Gasteiger partial charge in [0.15, 0.2) is 0 Å². The Morgan fingerprint density at radius 3 is 2.47 bits per heavy atom. The van der Waals surface area contributed by atoms with Crippen LogP contribution in [0.4, 0.5) is 10.1 Å². The molecule has 1 heterocycles. The van der Waals surface area contributed by atoms with Crippen molar-refractivity contribution in [3.8, 4) is 17.1 Å². The Hall–Kier alpha value is -3.44. The van der Waals surface area contributed by atoms with E-state index in [0.717, 1.165) is 6.07 Å². The van der Waals surface area contributed by atoms with Crippen molar-refractivity contribution in [1.82, 2.24) is 14.9 Å². The SMILES string of the molecule is Cc1ccc([N+](=O)[O-])cc1S(=O)(=O)NCCOc1ccc(-c2ccc(F)cc2)nn1. The second-order valence-corrected chi connectivity index (χ2v) is 7.95. The van der Waals surface area contributed by atoms with E-state index in [4.69, 9.17) is 4.74 Å². The lowest BCUT2D eigenvalue weighted by Gasteiger charge is -2.10. The number of hydrogen-bond acceptors (Lipinski definition) is 7. The summed E-state index contributed by atoms with van der Waals surface area (Å²) in [5.74, 6) is -0.166. The van der Waals surface area contributed by atoms with Crippen molar-refractivity contribution in [3.63, 3.8) is 0 Å². The van der Waals surface area contributed by atoms with Gasteiger partial charge in [0.2, 0.25) is 15.9 Å². The highest BCUT2D eigenvalue weighted by atomic mass is 32.2. The third kappa shape index (κ3) is 5.13. The quantitative estimate of drug-likeness (QED) is 0.330. The standard InChI is InChI=1S/C19H17FN4O5S/c1-13-2-7-16(24(25)26)12-18(13)30(27,28)21-10-11-29-19-9-8-17(22-23-19)14-3-5-15(20)6-4-14/h2-9,12,21H,10-11H2,1H3. The zero-order chi connectivity index (χ0) is 21.7. The lowest BCUT2D eigenvalue weighted by Crippen LogP contribution is -2.29. The number of halogens is 1. The third-order valence-electron chi connectivity index (χ3n) is 4.10. The summed E-state index contributed by atoms with van der Waals surface area (Å²) >= 11 is 0. The number of nitro groups is 1. The Bertz CT molecular complexity index is 1150. The molecule has 0 bridgehead atoms. The molecule has 2 aromatic carbocycles. The summed E-state index contributed by atoms with van der Waals surface area (Å²) in [6, 6.07) is 12.6. The molecule has 11 heteroatoms. The summed E-state index contributed by atoms with van der Waals surface area (Å²) in [5.41, 5.74) is 1.30. The topological polar surface area (TPSA) is 124 Å². The van der Waals surface area contributed by atoms with Gasteiger partial charge in [0.1, 0.15) is 12.4 Å². The fourth-order valence-corrected chi connectivity index (χ4v) is 3.85. The molecule has 0 saturated heterocycles. The van der Waals surface area contributed by atoms with Gasteiger partial charge in [-0.25, -0.2) is 17.5 Å². The van der Waals surface area contributed by atoms with E-state index < -0.39 is 14.9 Å². The van der Waals surface area contributed by atoms with Crippen molar-refractivity contribution in [2.24, 2.45) is 0 Å². The maximum Gasteiger partial charge on any atom is 0.270 e. The highest BCUT2D eigenvalue weighted by molar-refractivity contribution is 7.89. The van der Waals surface area contributed by atoms with Crippen LogP contribution in [0.1, 0.15) is 5.56 Å². The molecule has 0 radical (unpaired) electrons. The van der Waals surface area contributed by atoms with Crippen LogP contribution in [0.3, 0.4) is 0 Å². The first-order valence-corrected chi connectivity index (χ1v) is 10.2. The number of sulfonamides is 1. The van der Waals surface area contributed by atoms with Gasteiger partial charge in [0.25, 0.3) is 5.69 Å². The fraction of sp³-hybridized carbons (Fsp3) is 0.158. The Morgan fingerprint density at radius 2 is 1.83 bits per heavy atom. The van der Waals surface area contributed by atoms with Crippen LogP contribution in [0, 0.1) is 22.9 Å². The molecule has 0 saturated carbocycles. The smallest absolute Gasteiger partial charge is 0.270 e. The summed E-state index contributed by atoms with van der Waals surface area (Å²) in [4.78, 5) is 10.1. The Balaban J connectivity index is 1.57. The van der Waals surface area contributed by atoms with Crippen LogP contribution >= 0.6 is 0 Å². The first-order chi connectivity index (χ1) is 14.3. The molecule has 30 heavy (non-hydrogen) atoms. The molecule has 156 valence electrons. The van der Waals surface area contributed by atoms with E-state index in [1.807, 2.05) is 0 Å². The van der Waals surface area contributed by atoms with E-state index in [1.54, 1.807) is 31.2 Å². The monoisotopic (exact) mass is 432 g/mol. The maximum atomic E-state index is 13.0. The number of ether oxygens (including phenoxy) is 1. The molecule has 1 N–H and O–H groups in total. The predicted octanol–water partition coefficient (Wildman–Crippen LogP) is 2.86. The minimum absolute atomic E-state index is 0.0300. The van der Waals surface area contributed by atoms with Crippen LogP contribution in [0.15, 0.2) is 59.5 Å². The minimum atomic E-state index is -3.95. The summed E-state index contributed by atoms with van der Waals surface area (Å²) < 4.78 is 45.5. The molecular weight excluding hydrogens is 415 g/mol. The molecule has 1 aromatic heterocycles. The maximum absolute atomic E-state index is 13.0. The first kappa shape index (κ1) is 21.3. The molecule has 0 amide bonds. The van der Waals surface area contributed by atoms with Crippen molar-refractivity contribution in [2.45, 2.75) is 11.8 Å². The molecule has 0 aliphatic carbocycles. The van der Waals surface area contributed by atoms with Gasteiger partial charge in [-0.3, -0.25) is 10.1 Å². The first-order valence-electron chi connectivity index (χ1n) is 8.73. The summed E-state index contributed by atoms with van der Waals surface area (Å²) in [6.45, 7) is 1.44. The number of hydrogen-bond donors (Lipinski definition) is 1. The van der Waals surface area contributed by atoms with Gasteiger partial charge in [0.05, 0.1) is 15.5 Å². The second kappa shape index (κ2) is 8.93. The zero-order valence-electron chi connectivity index (χ0n) is 15.8. The van der Waals surface area contributed by atoms with E-state index in [1.165, 1.54) is 24.3 Å². The Morgan fingerprint density at radius 1 is 1.10 bits per heavy atom. The summed E-state index contributed by atoms with van der Waals surface area (Å²) in [6.07, 6.45) is 0. The van der Waals surface area contributed by atoms with Crippen molar-refractivity contribution in [2.75, 3.05) is 13.2 Å². The number of nitro benzene ring substituents is 1. The van der Waals surface area contributed by atoms with Gasteiger partial charge in [-0.1, -0.05) is 6.07 Å². The number of nitrogens with zero attached hydrogens (tertiary/aromatic N) is 3. The molecule has 0 unspecified atom stereocenters. The molecule has 0 atom stereocenters. The van der Waals surface area contributed by atoms with E-state index in [-0.39, 0.29) is 35.4 Å². The van der Waals surface area contributed by atoms with Gasteiger partial charge in [-0.15, -0.1) is 10.2 Å². The normalized spacial score (nSPS) is 11.3. The average molecular weight is 432 g/mol. The van der Waals surface area contributed by atoms with E-state index in [0.29, 0.717) is 16.8 Å². The van der Waals surface area contributed by atoms with Gasteiger partial charge < -0.3 is 4.74 Å².